The molecule has 0 aromatic heterocycles. The zero-order chi connectivity index (χ0) is 5.40. The molecule has 9 heavy (non-hydrogen) atoms. The fourth-order valence-electron chi connectivity index (χ4n) is 0.763. The third-order valence-electron chi connectivity index (χ3n) is 1.17. The highest BCUT2D eigenvalue weighted by atomic mass is 35.5. The second kappa shape index (κ2) is 2.15. The van der Waals surface area contributed by atoms with Crippen molar-refractivity contribution < 1.29 is 0 Å². The van der Waals surface area contributed by atoms with Crippen molar-refractivity contribution in [3.05, 3.63) is 23.5 Å². The van der Waals surface area contributed by atoms with Crippen molar-refractivity contribution in [1.82, 2.24) is 0 Å². The van der Waals surface area contributed by atoms with E-state index in [0.29, 0.717) is 0 Å². The van der Waals surface area contributed by atoms with Gasteiger partial charge < -0.3 is 0 Å². The summed E-state index contributed by atoms with van der Waals surface area (Å²) in [6.45, 7) is 0. The lowest BCUT2D eigenvalue weighted by Gasteiger charge is -1.81. The Bertz CT molecular complexity index is 209. The Balaban J connectivity index is 0.000000405. The van der Waals surface area contributed by atoms with E-state index in [-0.39, 0.29) is 12.4 Å². The maximum absolute atomic E-state index is 4.02. The molecule has 0 N–H and O–H groups in total. The van der Waals surface area contributed by atoms with Gasteiger partial charge in [0.05, 0.1) is 11.9 Å². The van der Waals surface area contributed by atoms with Gasteiger partial charge in [0.2, 0.25) is 0 Å². The molecule has 0 saturated heterocycles. The first-order valence-electron chi connectivity index (χ1n) is 2.45. The molecule has 0 atom stereocenters. The van der Waals surface area contributed by atoms with Gasteiger partial charge in [-0.25, -0.2) is 0 Å². The van der Waals surface area contributed by atoms with Crippen molar-refractivity contribution in [3.8, 4) is 0 Å². The van der Waals surface area contributed by atoms with Crippen LogP contribution in [0.2, 0.25) is 0 Å². The van der Waals surface area contributed by atoms with Crippen LogP contribution in [0, 0.1) is 0 Å². The molecule has 2 heterocycles. The number of nitrogens with zero attached hydrogens (tertiary/aromatic N) is 2. The average molecular weight is 141 g/mol. The second-order valence-electron chi connectivity index (χ2n) is 1.69. The van der Waals surface area contributed by atoms with Gasteiger partial charge in [-0.1, -0.05) is 0 Å². The van der Waals surface area contributed by atoms with Crippen molar-refractivity contribution in [1.29, 1.82) is 0 Å². The zero-order valence-electron chi connectivity index (χ0n) is 4.61. The lowest BCUT2D eigenvalue weighted by atomic mass is 10.3. The molecule has 0 aromatic rings. The third-order valence-corrected chi connectivity index (χ3v) is 1.17. The molecule has 0 amide bonds. The molecule has 0 radical (unpaired) electrons. The van der Waals surface area contributed by atoms with Gasteiger partial charge in [0.1, 0.15) is 0 Å². The van der Waals surface area contributed by atoms with Crippen molar-refractivity contribution in [3.63, 3.8) is 0 Å². The van der Waals surface area contributed by atoms with Gasteiger partial charge in [-0.2, -0.15) is 0 Å². The first-order chi connectivity index (χ1) is 3.97. The second-order valence-corrected chi connectivity index (χ2v) is 1.69. The number of fused-ring (bicyclic) bond motifs is 1. The molecule has 0 unspecified atom stereocenters. The van der Waals surface area contributed by atoms with Crippen LogP contribution in [-0.4, -0.2) is 12.4 Å². The predicted octanol–water partition coefficient (Wildman–Crippen LogP) is 1.34. The van der Waals surface area contributed by atoms with Gasteiger partial charge in [-0.15, -0.1) is 12.4 Å². The van der Waals surface area contributed by atoms with Gasteiger partial charge >= 0.3 is 0 Å². The van der Waals surface area contributed by atoms with Crippen LogP contribution in [0.3, 0.4) is 0 Å². The molecule has 46 valence electrons. The highest BCUT2D eigenvalue weighted by Crippen LogP contribution is 2.17. The van der Waals surface area contributed by atoms with Crippen LogP contribution >= 0.6 is 12.4 Å². The van der Waals surface area contributed by atoms with Crippen molar-refractivity contribution in [2.75, 3.05) is 0 Å². The van der Waals surface area contributed by atoms with Crippen LogP contribution < -0.4 is 0 Å². The number of allylic oxidation sites excluding steroid dienone is 2. The monoisotopic (exact) mass is 140 g/mol. The van der Waals surface area contributed by atoms with Gasteiger partial charge in [-0.3, -0.25) is 9.98 Å². The highest BCUT2D eigenvalue weighted by molar-refractivity contribution is 5.97. The standard InChI is InChI=1S/C6H4N2.ClH/c1-2-8-6-4-7-3-5(1)6;/h1-4H;1H. The summed E-state index contributed by atoms with van der Waals surface area (Å²) < 4.78 is 0. The lowest BCUT2D eigenvalue weighted by molar-refractivity contribution is 1.42. The van der Waals surface area contributed by atoms with E-state index in [1.165, 1.54) is 0 Å². The van der Waals surface area contributed by atoms with Gasteiger partial charge in [0, 0.05) is 18.0 Å². The van der Waals surface area contributed by atoms with E-state index in [9.17, 15) is 0 Å². The molecule has 0 bridgehead atoms. The summed E-state index contributed by atoms with van der Waals surface area (Å²) in [7, 11) is 0. The minimum absolute atomic E-state index is 0. The fraction of sp³-hybridized carbons (Fsp3) is 0. The van der Waals surface area contributed by atoms with Crippen LogP contribution in [0.1, 0.15) is 0 Å². The Morgan fingerprint density at radius 3 is 3.00 bits per heavy atom. The first-order valence-corrected chi connectivity index (χ1v) is 2.45. The Morgan fingerprint density at radius 1 is 1.33 bits per heavy atom. The number of hydrogen-bond donors (Lipinski definition) is 0. The molecule has 2 nitrogen and oxygen atoms in total. The Hall–Kier alpha value is -0.890. The van der Waals surface area contributed by atoms with E-state index >= 15 is 0 Å². The fourth-order valence-corrected chi connectivity index (χ4v) is 0.763. The summed E-state index contributed by atoms with van der Waals surface area (Å²) in [5, 5.41) is 0. The number of rotatable bonds is 0. The molecule has 2 rings (SSSR count). The number of aliphatic imine (C=N–C) groups is 2. The molecule has 0 aliphatic carbocycles. The van der Waals surface area contributed by atoms with Gasteiger partial charge in [0.25, 0.3) is 0 Å². The summed E-state index contributed by atoms with van der Waals surface area (Å²) >= 11 is 0. The normalized spacial score (nSPS) is 18.7. The van der Waals surface area contributed by atoms with Crippen LogP contribution in [0.5, 0.6) is 0 Å². The Kier molecular flexibility index (Phi) is 1.49. The molecule has 2 aliphatic rings. The van der Waals surface area contributed by atoms with E-state index < -0.39 is 0 Å². The Labute approximate surface area is 59.1 Å². The minimum atomic E-state index is 0. The molecular formula is C6H5ClN2. The molecule has 0 aromatic carbocycles. The molecule has 0 saturated carbocycles. The van der Waals surface area contributed by atoms with Crippen LogP contribution in [0.15, 0.2) is 33.5 Å². The predicted molar refractivity (Wildman–Crippen MR) is 40.4 cm³/mol. The Morgan fingerprint density at radius 2 is 2.22 bits per heavy atom. The summed E-state index contributed by atoms with van der Waals surface area (Å²) in [6, 6.07) is 0. The maximum atomic E-state index is 4.02. The van der Waals surface area contributed by atoms with Crippen molar-refractivity contribution in [2.24, 2.45) is 9.98 Å². The maximum Gasteiger partial charge on any atom is 0.0900 e. The van der Waals surface area contributed by atoms with Crippen LogP contribution in [0.25, 0.3) is 0 Å². The first kappa shape index (κ1) is 6.23. The number of halogens is 1. The quantitative estimate of drug-likeness (QED) is 0.485. The highest BCUT2D eigenvalue weighted by Gasteiger charge is 2.07. The smallest absolute Gasteiger partial charge is 0.0900 e. The zero-order valence-corrected chi connectivity index (χ0v) is 5.43. The summed E-state index contributed by atoms with van der Waals surface area (Å²) in [6.07, 6.45) is 7.30. The summed E-state index contributed by atoms with van der Waals surface area (Å²) in [4.78, 5) is 7.92. The van der Waals surface area contributed by atoms with Crippen molar-refractivity contribution >= 4 is 24.8 Å². The molecule has 0 fully saturated rings. The van der Waals surface area contributed by atoms with E-state index in [4.69, 9.17) is 0 Å². The van der Waals surface area contributed by atoms with E-state index in [1.54, 1.807) is 12.4 Å². The minimum Gasteiger partial charge on any atom is -0.262 e. The van der Waals surface area contributed by atoms with E-state index in [0.717, 1.165) is 11.3 Å². The molecule has 2 aliphatic heterocycles. The van der Waals surface area contributed by atoms with Gasteiger partial charge in [-0.05, 0) is 6.08 Å². The third kappa shape index (κ3) is 0.813. The van der Waals surface area contributed by atoms with Crippen LogP contribution in [0.4, 0.5) is 0 Å². The van der Waals surface area contributed by atoms with Crippen LogP contribution in [-0.2, 0) is 0 Å². The largest absolute Gasteiger partial charge is 0.262 e. The van der Waals surface area contributed by atoms with Crippen molar-refractivity contribution in [2.45, 2.75) is 0 Å². The number of hydrogen-bond acceptors (Lipinski definition) is 2. The lowest BCUT2D eigenvalue weighted by Crippen LogP contribution is -1.73. The summed E-state index contributed by atoms with van der Waals surface area (Å²) in [5.74, 6) is 0. The van der Waals surface area contributed by atoms with E-state index in [2.05, 4.69) is 9.98 Å². The molecular weight excluding hydrogens is 136 g/mol. The SMILES string of the molecule is C1=NC=C2N=CC=C12.Cl. The van der Waals surface area contributed by atoms with E-state index in [1.807, 2.05) is 12.3 Å². The summed E-state index contributed by atoms with van der Waals surface area (Å²) in [5.41, 5.74) is 2.12. The van der Waals surface area contributed by atoms with Gasteiger partial charge in [0.15, 0.2) is 0 Å². The average Bonchev–Trinajstić information content (AvgIpc) is 2.15. The topological polar surface area (TPSA) is 24.7 Å². The molecule has 0 spiro atoms. The molecule has 3 heteroatoms.